The molecule has 0 saturated carbocycles. The van der Waals surface area contributed by atoms with Gasteiger partial charge < -0.3 is 10.1 Å². The third kappa shape index (κ3) is 4.44. The van der Waals surface area contributed by atoms with Gasteiger partial charge in [-0.15, -0.1) is 0 Å². The number of benzene rings is 1. The van der Waals surface area contributed by atoms with Crippen molar-refractivity contribution < 1.29 is 17.9 Å². The number of aromatic nitrogens is 2. The maximum atomic E-state index is 12.2. The zero-order chi connectivity index (χ0) is 17.9. The summed E-state index contributed by atoms with van der Waals surface area (Å²) in [6.07, 6.45) is 2.49. The molecule has 2 N–H and O–H groups in total. The number of hydrogen-bond acceptors (Lipinski definition) is 5. The number of nitrogens with zero attached hydrogens (tertiary/aromatic N) is 2. The van der Waals surface area contributed by atoms with Crippen LogP contribution >= 0.6 is 0 Å². The lowest BCUT2D eigenvalue weighted by atomic mass is 10.1. The van der Waals surface area contributed by atoms with Crippen molar-refractivity contribution >= 4 is 15.9 Å². The summed E-state index contributed by atoms with van der Waals surface area (Å²) in [5, 5.41) is 9.55. The van der Waals surface area contributed by atoms with E-state index >= 15 is 0 Å². The van der Waals surface area contributed by atoms with Crippen LogP contribution in [0.1, 0.15) is 10.4 Å². The van der Waals surface area contributed by atoms with Gasteiger partial charge in [0, 0.05) is 31.4 Å². The molecule has 1 saturated heterocycles. The predicted octanol–water partition coefficient (Wildman–Crippen LogP) is 0.467. The molecule has 25 heavy (non-hydrogen) atoms. The highest BCUT2D eigenvalue weighted by Gasteiger charge is 2.26. The fourth-order valence-electron chi connectivity index (χ4n) is 2.64. The fraction of sp³-hybridized carbons (Fsp3) is 0.375. The Morgan fingerprint density at radius 1 is 1.36 bits per heavy atom. The third-order valence-corrected chi connectivity index (χ3v) is 5.29. The van der Waals surface area contributed by atoms with E-state index in [0.717, 1.165) is 11.3 Å². The van der Waals surface area contributed by atoms with Crippen LogP contribution in [0.4, 0.5) is 0 Å². The van der Waals surface area contributed by atoms with E-state index in [0.29, 0.717) is 18.7 Å². The number of sulfonamides is 1. The van der Waals surface area contributed by atoms with Gasteiger partial charge in [-0.05, 0) is 23.8 Å². The highest BCUT2D eigenvalue weighted by Crippen LogP contribution is 2.16. The van der Waals surface area contributed by atoms with Crippen LogP contribution in [-0.4, -0.2) is 67.4 Å². The monoisotopic (exact) mass is 364 g/mol. The first kappa shape index (κ1) is 17.6. The number of carbonyl (C=O) groups excluding carboxylic acids is 1. The van der Waals surface area contributed by atoms with Crippen LogP contribution in [0, 0.1) is 0 Å². The number of H-pyrrole nitrogens is 1. The predicted molar refractivity (Wildman–Crippen MR) is 92.5 cm³/mol. The van der Waals surface area contributed by atoms with Crippen LogP contribution in [0.25, 0.3) is 11.3 Å². The normalized spacial score (nSPS) is 18.8. The van der Waals surface area contributed by atoms with E-state index in [1.54, 1.807) is 18.3 Å². The van der Waals surface area contributed by atoms with Crippen LogP contribution in [0.2, 0.25) is 0 Å². The van der Waals surface area contributed by atoms with Crippen LogP contribution in [0.15, 0.2) is 36.5 Å². The maximum absolute atomic E-state index is 12.2. The Bertz CT molecular complexity index is 818. The first-order chi connectivity index (χ1) is 11.9. The number of amides is 1. The number of hydrogen-bond donors (Lipinski definition) is 2. The van der Waals surface area contributed by atoms with Gasteiger partial charge in [-0.3, -0.25) is 9.89 Å². The number of ether oxygens (including phenoxy) is 1. The summed E-state index contributed by atoms with van der Waals surface area (Å²) in [4.78, 5) is 12.2. The fourth-order valence-corrected chi connectivity index (χ4v) is 3.49. The van der Waals surface area contributed by atoms with Crippen molar-refractivity contribution in [3.63, 3.8) is 0 Å². The molecule has 1 aromatic heterocycles. The minimum absolute atomic E-state index is 0.226. The van der Waals surface area contributed by atoms with E-state index in [-0.39, 0.29) is 25.1 Å². The van der Waals surface area contributed by atoms with Gasteiger partial charge in [0.25, 0.3) is 5.91 Å². The highest BCUT2D eigenvalue weighted by atomic mass is 32.2. The maximum Gasteiger partial charge on any atom is 0.251 e. The van der Waals surface area contributed by atoms with Gasteiger partial charge >= 0.3 is 0 Å². The van der Waals surface area contributed by atoms with Gasteiger partial charge in [0.2, 0.25) is 10.0 Å². The summed E-state index contributed by atoms with van der Waals surface area (Å²) in [6, 6.07) is 8.99. The van der Waals surface area contributed by atoms with Crippen molar-refractivity contribution in [2.75, 3.05) is 32.5 Å². The zero-order valence-corrected chi connectivity index (χ0v) is 14.6. The minimum atomic E-state index is -3.24. The Labute approximate surface area is 146 Å². The Balaban J connectivity index is 1.55. The molecule has 0 radical (unpaired) electrons. The van der Waals surface area contributed by atoms with E-state index in [2.05, 4.69) is 15.5 Å². The SMILES string of the molecule is CS(=O)(=O)N1CCO[C@H](CNC(=O)c2ccc(-c3ccn[nH]3)cc2)C1. The van der Waals surface area contributed by atoms with E-state index < -0.39 is 10.0 Å². The number of rotatable bonds is 5. The Morgan fingerprint density at radius 3 is 2.76 bits per heavy atom. The molecule has 0 bridgehead atoms. The number of aromatic amines is 1. The lowest BCUT2D eigenvalue weighted by Gasteiger charge is -2.31. The van der Waals surface area contributed by atoms with Gasteiger partial charge in [0.15, 0.2) is 0 Å². The summed E-state index contributed by atoms with van der Waals surface area (Å²) in [7, 11) is -3.24. The van der Waals surface area contributed by atoms with Crippen molar-refractivity contribution in [3.8, 4) is 11.3 Å². The summed E-state index contributed by atoms with van der Waals surface area (Å²) in [6.45, 7) is 1.18. The summed E-state index contributed by atoms with van der Waals surface area (Å²) in [5.74, 6) is -0.226. The number of carbonyl (C=O) groups is 1. The molecule has 1 amide bonds. The smallest absolute Gasteiger partial charge is 0.251 e. The molecule has 1 aliphatic rings. The summed E-state index contributed by atoms with van der Waals surface area (Å²) < 4.78 is 30.1. The second-order valence-electron chi connectivity index (χ2n) is 5.87. The topological polar surface area (TPSA) is 104 Å². The highest BCUT2D eigenvalue weighted by molar-refractivity contribution is 7.88. The van der Waals surface area contributed by atoms with Gasteiger partial charge in [0.1, 0.15) is 0 Å². The van der Waals surface area contributed by atoms with Crippen molar-refractivity contribution in [2.45, 2.75) is 6.10 Å². The Kier molecular flexibility index (Phi) is 5.16. The standard InChI is InChI=1S/C16H20N4O4S/c1-25(22,23)20-8-9-24-14(11-20)10-17-16(21)13-4-2-12(3-5-13)15-6-7-18-19-15/h2-7,14H,8-11H2,1H3,(H,17,21)(H,18,19)/t14-/m1/s1. The van der Waals surface area contributed by atoms with E-state index in [9.17, 15) is 13.2 Å². The van der Waals surface area contributed by atoms with E-state index in [1.165, 1.54) is 10.6 Å². The van der Waals surface area contributed by atoms with Crippen LogP contribution in [0.5, 0.6) is 0 Å². The lowest BCUT2D eigenvalue weighted by molar-refractivity contribution is 0.000438. The third-order valence-electron chi connectivity index (χ3n) is 4.02. The molecule has 9 heteroatoms. The molecule has 3 rings (SSSR count). The summed E-state index contributed by atoms with van der Waals surface area (Å²) in [5.41, 5.74) is 2.34. The molecule has 1 aromatic carbocycles. The van der Waals surface area contributed by atoms with E-state index in [1.807, 2.05) is 18.2 Å². The molecule has 8 nitrogen and oxygen atoms in total. The molecule has 1 fully saturated rings. The van der Waals surface area contributed by atoms with Crippen LogP contribution < -0.4 is 5.32 Å². The van der Waals surface area contributed by atoms with Crippen molar-refractivity contribution in [2.24, 2.45) is 0 Å². The minimum Gasteiger partial charge on any atom is -0.374 e. The number of nitrogens with one attached hydrogen (secondary N) is 2. The van der Waals surface area contributed by atoms with E-state index in [4.69, 9.17) is 4.74 Å². The van der Waals surface area contributed by atoms with Crippen molar-refractivity contribution in [3.05, 3.63) is 42.1 Å². The quantitative estimate of drug-likeness (QED) is 0.802. The molecule has 0 unspecified atom stereocenters. The number of morpholine rings is 1. The molecule has 0 spiro atoms. The molecule has 2 aromatic rings. The largest absolute Gasteiger partial charge is 0.374 e. The van der Waals surface area contributed by atoms with Crippen LogP contribution in [-0.2, 0) is 14.8 Å². The van der Waals surface area contributed by atoms with Crippen molar-refractivity contribution in [1.82, 2.24) is 19.8 Å². The van der Waals surface area contributed by atoms with Gasteiger partial charge in [0.05, 0.1) is 24.7 Å². The Morgan fingerprint density at radius 2 is 2.12 bits per heavy atom. The first-order valence-electron chi connectivity index (χ1n) is 7.88. The molecule has 2 heterocycles. The van der Waals surface area contributed by atoms with Gasteiger partial charge in [-0.1, -0.05) is 12.1 Å². The average Bonchev–Trinajstić information content (AvgIpc) is 3.14. The molecular weight excluding hydrogens is 344 g/mol. The molecule has 0 aliphatic carbocycles. The first-order valence-corrected chi connectivity index (χ1v) is 9.73. The summed E-state index contributed by atoms with van der Waals surface area (Å²) >= 11 is 0. The second-order valence-corrected chi connectivity index (χ2v) is 7.85. The molecule has 1 aliphatic heterocycles. The lowest BCUT2D eigenvalue weighted by Crippen LogP contribution is -2.49. The molecule has 1 atom stereocenters. The van der Waals surface area contributed by atoms with Crippen molar-refractivity contribution in [1.29, 1.82) is 0 Å². The van der Waals surface area contributed by atoms with Gasteiger partial charge in [-0.25, -0.2) is 8.42 Å². The van der Waals surface area contributed by atoms with Crippen LogP contribution in [0.3, 0.4) is 0 Å². The molecular formula is C16H20N4O4S. The molecule has 134 valence electrons. The average molecular weight is 364 g/mol. The van der Waals surface area contributed by atoms with Gasteiger partial charge in [-0.2, -0.15) is 9.40 Å². The Hall–Kier alpha value is -2.23. The zero-order valence-electron chi connectivity index (χ0n) is 13.8. The second kappa shape index (κ2) is 7.34.